The van der Waals surface area contributed by atoms with Gasteiger partial charge in [-0.25, -0.2) is 0 Å². The van der Waals surface area contributed by atoms with E-state index < -0.39 is 8.56 Å². The average Bonchev–Trinajstić information content (AvgIpc) is 2.57. The van der Waals surface area contributed by atoms with E-state index in [0.717, 1.165) is 35.5 Å². The summed E-state index contributed by atoms with van der Waals surface area (Å²) in [4.78, 5) is 0. The third-order valence-corrected chi connectivity index (χ3v) is 15.9. The molecule has 0 spiro atoms. The second-order valence-electron chi connectivity index (χ2n) is 13.3. The first kappa shape index (κ1) is 19.8. The van der Waals surface area contributed by atoms with Gasteiger partial charge in [0.1, 0.15) is 0 Å². The van der Waals surface area contributed by atoms with E-state index in [1.54, 1.807) is 0 Å². The molecule has 8 fully saturated rings. The monoisotopic (exact) mass is 416 g/mol. The first-order chi connectivity index (χ1) is 13.8. The molecule has 3 heteroatoms. The standard InChI is InChI=1S/C26H44O2Si/c1-17(2)27-29(28-18(3)4,25-11-19-5-20(12-25)7-21(6-19)13-25)26-14-22-8-23(15-26)10-24(9-22)16-26/h17-24H,5-16H2,1-4H3. The molecule has 0 amide bonds. The minimum atomic E-state index is -2.42. The van der Waals surface area contributed by atoms with Crippen molar-refractivity contribution < 1.29 is 8.85 Å². The second kappa shape index (κ2) is 6.58. The molecule has 0 heterocycles. The molecule has 8 aliphatic carbocycles. The van der Waals surface area contributed by atoms with Crippen molar-refractivity contribution in [3.05, 3.63) is 0 Å². The van der Waals surface area contributed by atoms with Gasteiger partial charge in [0.2, 0.25) is 0 Å². The Bertz CT molecular complexity index is 527. The van der Waals surface area contributed by atoms with Crippen molar-refractivity contribution >= 4 is 8.56 Å². The molecule has 0 aliphatic heterocycles. The first-order valence-corrected chi connectivity index (χ1v) is 15.0. The molecule has 0 aromatic rings. The van der Waals surface area contributed by atoms with E-state index in [1.807, 2.05) is 0 Å². The SMILES string of the molecule is CC(C)O[Si](OC(C)C)(C12CC3CC(CC(C3)C1)C2)C12CC3CC(CC(C3)C1)C2. The zero-order valence-electron chi connectivity index (χ0n) is 19.4. The highest BCUT2D eigenvalue weighted by molar-refractivity contribution is 6.74. The third-order valence-electron chi connectivity index (χ3n) is 10.3. The van der Waals surface area contributed by atoms with Crippen molar-refractivity contribution in [1.82, 2.24) is 0 Å². The van der Waals surface area contributed by atoms with E-state index >= 15 is 0 Å². The smallest absolute Gasteiger partial charge is 0.351 e. The van der Waals surface area contributed by atoms with Gasteiger partial charge < -0.3 is 8.85 Å². The lowest BCUT2D eigenvalue weighted by Gasteiger charge is -2.70. The summed E-state index contributed by atoms with van der Waals surface area (Å²) < 4.78 is 14.9. The summed E-state index contributed by atoms with van der Waals surface area (Å²) in [6.07, 6.45) is 18.4. The van der Waals surface area contributed by atoms with Crippen LogP contribution >= 0.6 is 0 Å². The Morgan fingerprint density at radius 2 is 0.759 bits per heavy atom. The van der Waals surface area contributed by atoms with Crippen LogP contribution in [0.4, 0.5) is 0 Å². The lowest BCUT2D eigenvalue weighted by Crippen LogP contribution is -2.70. The normalized spacial score (nSPS) is 50.3. The zero-order chi connectivity index (χ0) is 20.0. The highest BCUT2D eigenvalue weighted by Gasteiger charge is 2.75. The summed E-state index contributed by atoms with van der Waals surface area (Å²) in [7, 11) is -2.42. The Kier molecular flexibility index (Phi) is 4.49. The molecule has 8 saturated carbocycles. The Hall–Kier alpha value is 0.137. The Morgan fingerprint density at radius 1 is 0.517 bits per heavy atom. The van der Waals surface area contributed by atoms with E-state index in [9.17, 15) is 0 Å². The van der Waals surface area contributed by atoms with Gasteiger partial charge in [0, 0.05) is 22.3 Å². The van der Waals surface area contributed by atoms with Crippen LogP contribution in [0.5, 0.6) is 0 Å². The summed E-state index contributed by atoms with van der Waals surface area (Å²) in [5.74, 6) is 5.88. The lowest BCUT2D eigenvalue weighted by atomic mass is 9.55. The molecule has 0 unspecified atom stereocenters. The summed E-state index contributed by atoms with van der Waals surface area (Å²) in [6.45, 7) is 9.25. The topological polar surface area (TPSA) is 18.5 Å². The van der Waals surface area contributed by atoms with Crippen LogP contribution in [0.2, 0.25) is 10.1 Å². The van der Waals surface area contributed by atoms with Crippen LogP contribution in [0.3, 0.4) is 0 Å². The van der Waals surface area contributed by atoms with E-state index in [0.29, 0.717) is 22.3 Å². The fraction of sp³-hybridized carbons (Fsp3) is 1.00. The third kappa shape index (κ3) is 2.85. The largest absolute Gasteiger partial charge is 0.391 e. The van der Waals surface area contributed by atoms with Crippen molar-refractivity contribution in [2.45, 2.75) is 127 Å². The van der Waals surface area contributed by atoms with Crippen LogP contribution in [-0.2, 0) is 8.85 Å². The van der Waals surface area contributed by atoms with Gasteiger partial charge in [-0.3, -0.25) is 0 Å². The highest BCUT2D eigenvalue weighted by Crippen LogP contribution is 2.78. The fourth-order valence-electron chi connectivity index (χ4n) is 10.8. The van der Waals surface area contributed by atoms with Gasteiger partial charge in [0.25, 0.3) is 0 Å². The van der Waals surface area contributed by atoms with E-state index in [-0.39, 0.29) is 0 Å². The molecular formula is C26H44O2Si. The van der Waals surface area contributed by atoms with Gasteiger partial charge in [-0.05, 0) is 140 Å². The molecule has 164 valence electrons. The van der Waals surface area contributed by atoms with Crippen molar-refractivity contribution in [1.29, 1.82) is 0 Å². The molecule has 0 saturated heterocycles. The summed E-state index contributed by atoms with van der Waals surface area (Å²) in [6, 6.07) is 0. The molecule has 2 nitrogen and oxygen atoms in total. The number of rotatable bonds is 6. The molecular weight excluding hydrogens is 372 g/mol. The summed E-state index contributed by atoms with van der Waals surface area (Å²) in [5.41, 5.74) is 0. The molecule has 0 N–H and O–H groups in total. The maximum Gasteiger partial charge on any atom is 0.351 e. The average molecular weight is 417 g/mol. The lowest BCUT2D eigenvalue weighted by molar-refractivity contribution is -0.0576. The molecule has 0 radical (unpaired) electrons. The molecule has 0 aromatic carbocycles. The van der Waals surface area contributed by atoms with Gasteiger partial charge in [0.05, 0.1) is 0 Å². The van der Waals surface area contributed by atoms with Gasteiger partial charge in [0.15, 0.2) is 0 Å². The minimum absolute atomic E-state index is 0.307. The van der Waals surface area contributed by atoms with Gasteiger partial charge >= 0.3 is 8.56 Å². The van der Waals surface area contributed by atoms with Gasteiger partial charge in [-0.1, -0.05) is 0 Å². The van der Waals surface area contributed by atoms with E-state index in [1.165, 1.54) is 77.0 Å². The molecule has 0 atom stereocenters. The van der Waals surface area contributed by atoms with Crippen LogP contribution in [0, 0.1) is 35.5 Å². The molecule has 29 heavy (non-hydrogen) atoms. The van der Waals surface area contributed by atoms with Crippen molar-refractivity contribution in [3.8, 4) is 0 Å². The van der Waals surface area contributed by atoms with Crippen LogP contribution < -0.4 is 0 Å². The highest BCUT2D eigenvalue weighted by atomic mass is 28.4. The molecule has 0 aromatic heterocycles. The van der Waals surface area contributed by atoms with Crippen molar-refractivity contribution in [2.75, 3.05) is 0 Å². The Balaban J connectivity index is 1.50. The maximum atomic E-state index is 7.44. The van der Waals surface area contributed by atoms with E-state index in [4.69, 9.17) is 8.85 Å². The minimum Gasteiger partial charge on any atom is -0.391 e. The Labute approximate surface area is 180 Å². The van der Waals surface area contributed by atoms with Gasteiger partial charge in [-0.2, -0.15) is 0 Å². The van der Waals surface area contributed by atoms with E-state index in [2.05, 4.69) is 27.7 Å². The Morgan fingerprint density at radius 3 is 0.966 bits per heavy atom. The van der Waals surface area contributed by atoms with Crippen molar-refractivity contribution in [2.24, 2.45) is 35.5 Å². The fourth-order valence-corrected chi connectivity index (χ4v) is 17.6. The molecule has 8 rings (SSSR count). The molecule has 8 bridgehead atoms. The van der Waals surface area contributed by atoms with Crippen molar-refractivity contribution in [3.63, 3.8) is 0 Å². The van der Waals surface area contributed by atoms with Crippen LogP contribution in [0.15, 0.2) is 0 Å². The molecule has 8 aliphatic rings. The van der Waals surface area contributed by atoms with Crippen LogP contribution in [0.1, 0.15) is 105 Å². The number of hydrogen-bond acceptors (Lipinski definition) is 2. The van der Waals surface area contributed by atoms with Crippen LogP contribution in [0.25, 0.3) is 0 Å². The number of hydrogen-bond donors (Lipinski definition) is 0. The maximum absolute atomic E-state index is 7.44. The predicted molar refractivity (Wildman–Crippen MR) is 120 cm³/mol. The second-order valence-corrected chi connectivity index (χ2v) is 17.2. The van der Waals surface area contributed by atoms with Crippen LogP contribution in [-0.4, -0.2) is 20.8 Å². The predicted octanol–water partition coefficient (Wildman–Crippen LogP) is 7.22. The quantitative estimate of drug-likeness (QED) is 0.425. The summed E-state index contributed by atoms with van der Waals surface area (Å²) in [5, 5.41) is 0.837. The first-order valence-electron chi connectivity index (χ1n) is 13.2. The van der Waals surface area contributed by atoms with Gasteiger partial charge in [-0.15, -0.1) is 0 Å². The summed E-state index contributed by atoms with van der Waals surface area (Å²) >= 11 is 0. The zero-order valence-corrected chi connectivity index (χ0v) is 20.4.